The zero-order valence-electron chi connectivity index (χ0n) is 18.9. The van der Waals surface area contributed by atoms with Gasteiger partial charge in [0.2, 0.25) is 0 Å². The van der Waals surface area contributed by atoms with Crippen molar-refractivity contribution in [3.8, 4) is 11.5 Å². The number of carbonyl (C=O) groups is 1. The van der Waals surface area contributed by atoms with Crippen LogP contribution < -0.4 is 20.1 Å². The molecule has 3 N–H and O–H groups in total. The highest BCUT2D eigenvalue weighted by atomic mass is 35.5. The summed E-state index contributed by atoms with van der Waals surface area (Å²) < 4.78 is 24.9. The quantitative estimate of drug-likeness (QED) is 0.364. The second-order valence-corrected chi connectivity index (χ2v) is 8.48. The highest BCUT2D eigenvalue weighted by molar-refractivity contribution is 6.31. The minimum absolute atomic E-state index is 0.0200. The van der Waals surface area contributed by atoms with E-state index in [0.717, 1.165) is 11.6 Å². The second kappa shape index (κ2) is 8.72. The van der Waals surface area contributed by atoms with Crippen LogP contribution in [0, 0.1) is 5.82 Å². The third-order valence-corrected chi connectivity index (χ3v) is 6.39. The van der Waals surface area contributed by atoms with Crippen LogP contribution in [-0.2, 0) is 12.3 Å². The molecule has 1 aromatic heterocycles. The standard InChI is InChI=1S/C26H21ClFN3O4/c1-34-17-7-5-15(21(12-17)35-2)13-30-20-10-14-4-3-9-29-24(14)22-23(20)26(33,31-25(22)32)18-11-16(28)6-8-19(18)27/h3-12,30,33H,13H2,1-2H3,(H,31,32). The van der Waals surface area contributed by atoms with Crippen molar-refractivity contribution in [2.24, 2.45) is 0 Å². The summed E-state index contributed by atoms with van der Waals surface area (Å²) in [6.45, 7) is 0.298. The van der Waals surface area contributed by atoms with Crippen LogP contribution in [0.15, 0.2) is 60.8 Å². The van der Waals surface area contributed by atoms with Crippen molar-refractivity contribution in [2.45, 2.75) is 12.3 Å². The van der Waals surface area contributed by atoms with Gasteiger partial charge in [0.1, 0.15) is 17.3 Å². The molecule has 0 bridgehead atoms. The van der Waals surface area contributed by atoms with E-state index in [-0.39, 0.29) is 21.7 Å². The van der Waals surface area contributed by atoms with Crippen LogP contribution in [0.1, 0.15) is 27.0 Å². The minimum atomic E-state index is -2.08. The van der Waals surface area contributed by atoms with E-state index in [9.17, 15) is 14.3 Å². The summed E-state index contributed by atoms with van der Waals surface area (Å²) in [6.07, 6.45) is 1.57. The molecule has 0 spiro atoms. The number of hydrogen-bond donors (Lipinski definition) is 3. The molecule has 0 fully saturated rings. The second-order valence-electron chi connectivity index (χ2n) is 8.07. The number of hydrogen-bond acceptors (Lipinski definition) is 6. The molecule has 35 heavy (non-hydrogen) atoms. The van der Waals surface area contributed by atoms with Crippen LogP contribution in [0.25, 0.3) is 10.9 Å². The summed E-state index contributed by atoms with van der Waals surface area (Å²) in [5.74, 6) is 0.107. The number of nitrogens with zero attached hydrogens (tertiary/aromatic N) is 1. The molecule has 2 heterocycles. The van der Waals surface area contributed by atoms with Crippen molar-refractivity contribution in [1.82, 2.24) is 10.3 Å². The first-order valence-corrected chi connectivity index (χ1v) is 11.1. The average Bonchev–Trinajstić information content (AvgIpc) is 3.15. The number of ether oxygens (including phenoxy) is 2. The number of nitrogens with one attached hydrogen (secondary N) is 2. The number of anilines is 1. The summed E-state index contributed by atoms with van der Waals surface area (Å²) in [6, 6.07) is 14.4. The summed E-state index contributed by atoms with van der Waals surface area (Å²) in [4.78, 5) is 17.5. The Balaban J connectivity index is 1.68. The first kappa shape index (κ1) is 22.9. The van der Waals surface area contributed by atoms with Crippen molar-refractivity contribution in [3.63, 3.8) is 0 Å². The van der Waals surface area contributed by atoms with Crippen molar-refractivity contribution < 1.29 is 23.8 Å². The maximum atomic E-state index is 14.2. The molecule has 5 rings (SSSR count). The third kappa shape index (κ3) is 3.80. The fourth-order valence-electron chi connectivity index (χ4n) is 4.41. The Morgan fingerprint density at radius 3 is 2.74 bits per heavy atom. The molecule has 0 saturated carbocycles. The van der Waals surface area contributed by atoms with Gasteiger partial charge < -0.3 is 25.2 Å². The maximum absolute atomic E-state index is 14.2. The molecule has 0 saturated heterocycles. The first-order chi connectivity index (χ1) is 16.9. The van der Waals surface area contributed by atoms with Crippen molar-refractivity contribution in [2.75, 3.05) is 19.5 Å². The molecule has 4 aromatic rings. The molecule has 3 aromatic carbocycles. The topological polar surface area (TPSA) is 92.7 Å². The van der Waals surface area contributed by atoms with Gasteiger partial charge in [0.25, 0.3) is 5.91 Å². The van der Waals surface area contributed by atoms with Gasteiger partial charge in [-0.2, -0.15) is 0 Å². The lowest BCUT2D eigenvalue weighted by Gasteiger charge is -2.28. The average molecular weight is 494 g/mol. The molecule has 1 aliphatic heterocycles. The summed E-state index contributed by atoms with van der Waals surface area (Å²) >= 11 is 6.35. The largest absolute Gasteiger partial charge is 0.497 e. The molecule has 1 amide bonds. The highest BCUT2D eigenvalue weighted by Gasteiger charge is 2.47. The van der Waals surface area contributed by atoms with Crippen molar-refractivity contribution >= 4 is 34.1 Å². The Hall–Kier alpha value is -3.88. The Kier molecular flexibility index (Phi) is 5.70. The smallest absolute Gasteiger partial charge is 0.256 e. The van der Waals surface area contributed by atoms with Gasteiger partial charge in [-0.25, -0.2) is 4.39 Å². The van der Waals surface area contributed by atoms with Crippen LogP contribution >= 0.6 is 11.6 Å². The number of rotatable bonds is 6. The molecule has 1 aliphatic rings. The van der Waals surface area contributed by atoms with Gasteiger partial charge in [-0.3, -0.25) is 9.78 Å². The summed E-state index contributed by atoms with van der Waals surface area (Å²) in [5.41, 5.74) is 0.0350. The maximum Gasteiger partial charge on any atom is 0.256 e. The van der Waals surface area contributed by atoms with Crippen LogP contribution in [0.3, 0.4) is 0 Å². The molecule has 0 radical (unpaired) electrons. The van der Waals surface area contributed by atoms with E-state index in [0.29, 0.717) is 34.6 Å². The lowest BCUT2D eigenvalue weighted by Crippen LogP contribution is -2.41. The number of halogens is 2. The Bertz CT molecular complexity index is 1480. The van der Waals surface area contributed by atoms with Gasteiger partial charge in [-0.05, 0) is 42.5 Å². The van der Waals surface area contributed by atoms with Gasteiger partial charge >= 0.3 is 0 Å². The predicted octanol–water partition coefficient (Wildman–Crippen LogP) is 4.59. The van der Waals surface area contributed by atoms with Gasteiger partial charge in [-0.1, -0.05) is 17.7 Å². The van der Waals surface area contributed by atoms with E-state index in [2.05, 4.69) is 15.6 Å². The van der Waals surface area contributed by atoms with Crippen LogP contribution in [-0.4, -0.2) is 30.2 Å². The molecule has 0 aliphatic carbocycles. The molecule has 178 valence electrons. The van der Waals surface area contributed by atoms with E-state index >= 15 is 0 Å². The van der Waals surface area contributed by atoms with Gasteiger partial charge in [0, 0.05) is 51.6 Å². The van der Waals surface area contributed by atoms with Gasteiger partial charge in [0.05, 0.1) is 25.3 Å². The Morgan fingerprint density at radius 2 is 1.97 bits per heavy atom. The van der Waals surface area contributed by atoms with Gasteiger partial charge in [0.15, 0.2) is 5.72 Å². The van der Waals surface area contributed by atoms with E-state index in [1.807, 2.05) is 18.2 Å². The monoisotopic (exact) mass is 493 g/mol. The minimum Gasteiger partial charge on any atom is -0.497 e. The SMILES string of the molecule is COc1ccc(CNc2cc3cccnc3c3c2C(O)(c2cc(F)ccc2Cl)NC3=O)c(OC)c1. The molecule has 1 atom stereocenters. The molecule has 1 unspecified atom stereocenters. The zero-order valence-corrected chi connectivity index (χ0v) is 19.6. The van der Waals surface area contributed by atoms with E-state index < -0.39 is 17.4 Å². The lowest BCUT2D eigenvalue weighted by molar-refractivity contribution is 0.0478. The number of aliphatic hydroxyl groups is 1. The number of amides is 1. The normalized spacial score (nSPS) is 16.7. The van der Waals surface area contributed by atoms with Crippen molar-refractivity contribution in [3.05, 3.63) is 93.9 Å². The Labute approximate surface area is 205 Å². The van der Waals surface area contributed by atoms with Crippen molar-refractivity contribution in [1.29, 1.82) is 0 Å². The van der Waals surface area contributed by atoms with Crippen LogP contribution in [0.5, 0.6) is 11.5 Å². The molecular weight excluding hydrogens is 473 g/mol. The van der Waals surface area contributed by atoms with E-state index in [1.165, 1.54) is 12.1 Å². The third-order valence-electron chi connectivity index (χ3n) is 6.06. The number of carbonyl (C=O) groups excluding carboxylic acids is 1. The van der Waals surface area contributed by atoms with Crippen LogP contribution in [0.4, 0.5) is 10.1 Å². The lowest BCUT2D eigenvalue weighted by atomic mass is 9.91. The number of methoxy groups -OCH3 is 2. The van der Waals surface area contributed by atoms with E-state index in [1.54, 1.807) is 38.6 Å². The molecular formula is C26H21ClFN3O4. The first-order valence-electron chi connectivity index (χ1n) is 10.7. The summed E-state index contributed by atoms with van der Waals surface area (Å²) in [7, 11) is 3.13. The molecule has 7 nitrogen and oxygen atoms in total. The fraction of sp³-hybridized carbons (Fsp3) is 0.154. The van der Waals surface area contributed by atoms with Crippen LogP contribution in [0.2, 0.25) is 5.02 Å². The molecule has 9 heteroatoms. The fourth-order valence-corrected chi connectivity index (χ4v) is 4.67. The number of fused-ring (bicyclic) bond motifs is 3. The number of benzene rings is 3. The van der Waals surface area contributed by atoms with E-state index in [4.69, 9.17) is 21.1 Å². The number of pyridine rings is 1. The predicted molar refractivity (Wildman–Crippen MR) is 130 cm³/mol. The summed E-state index contributed by atoms with van der Waals surface area (Å²) in [5, 5.41) is 18.5. The van der Waals surface area contributed by atoms with Gasteiger partial charge in [-0.15, -0.1) is 0 Å². The number of aromatic nitrogens is 1. The Morgan fingerprint density at radius 1 is 1.14 bits per heavy atom. The highest BCUT2D eigenvalue weighted by Crippen LogP contribution is 2.45. The zero-order chi connectivity index (χ0) is 24.7.